The Kier molecular flexibility index (Phi) is 6.06. The van der Waals surface area contributed by atoms with E-state index in [0.717, 1.165) is 12.1 Å². The second kappa shape index (κ2) is 7.90. The van der Waals surface area contributed by atoms with Gasteiger partial charge in [0.05, 0.1) is 18.0 Å². The number of hydroxylamine groups is 1. The van der Waals surface area contributed by atoms with Crippen molar-refractivity contribution in [3.05, 3.63) is 65.2 Å². The van der Waals surface area contributed by atoms with Crippen LogP contribution in [-0.2, 0) is 14.9 Å². The molecule has 2 rings (SSSR count). The lowest BCUT2D eigenvalue weighted by atomic mass is 10.1. The van der Waals surface area contributed by atoms with Gasteiger partial charge in [-0.25, -0.2) is 17.2 Å². The topological polar surface area (TPSA) is 75.7 Å². The summed E-state index contributed by atoms with van der Waals surface area (Å²) >= 11 is 0. The van der Waals surface area contributed by atoms with Gasteiger partial charge in [-0.1, -0.05) is 10.5 Å². The van der Waals surface area contributed by atoms with Crippen LogP contribution < -0.4 is 5.32 Å². The van der Waals surface area contributed by atoms with Crippen molar-refractivity contribution in [3.8, 4) is 0 Å². The van der Waals surface area contributed by atoms with Crippen LogP contribution in [0.3, 0.4) is 0 Å². The average molecular weight is 384 g/mol. The zero-order valence-corrected chi connectivity index (χ0v) is 15.2. The SMILES string of the molecule is CON(C)S(=O)(=O)c1ccc(C(=O)N[C@H](C)c2ccc(F)cc2F)cc1. The molecule has 9 heteroatoms. The molecule has 2 aromatic rings. The first-order valence-electron chi connectivity index (χ1n) is 7.55. The number of carbonyl (C=O) groups excluding carboxylic acids is 1. The molecule has 0 saturated carbocycles. The third-order valence-corrected chi connectivity index (χ3v) is 5.48. The Labute approximate surface area is 150 Å². The minimum atomic E-state index is -3.81. The molecule has 0 aliphatic rings. The van der Waals surface area contributed by atoms with Gasteiger partial charge in [0.1, 0.15) is 11.6 Å². The average Bonchev–Trinajstić information content (AvgIpc) is 2.60. The van der Waals surface area contributed by atoms with Crippen molar-refractivity contribution in [2.75, 3.05) is 14.2 Å². The van der Waals surface area contributed by atoms with Crippen LogP contribution in [0.25, 0.3) is 0 Å². The maximum atomic E-state index is 13.8. The van der Waals surface area contributed by atoms with E-state index in [9.17, 15) is 22.0 Å². The molecule has 1 N–H and O–H groups in total. The van der Waals surface area contributed by atoms with Crippen LogP contribution in [0.5, 0.6) is 0 Å². The Morgan fingerprint density at radius 3 is 2.31 bits per heavy atom. The first-order chi connectivity index (χ1) is 12.2. The molecule has 0 spiro atoms. The van der Waals surface area contributed by atoms with Gasteiger partial charge < -0.3 is 5.32 Å². The van der Waals surface area contributed by atoms with Gasteiger partial charge in [0.2, 0.25) is 0 Å². The number of amides is 1. The molecule has 0 saturated heterocycles. The van der Waals surface area contributed by atoms with Crippen LogP contribution in [0.15, 0.2) is 47.4 Å². The van der Waals surface area contributed by atoms with Crippen molar-refractivity contribution < 1.29 is 26.8 Å². The third kappa shape index (κ3) is 4.24. The number of nitrogens with one attached hydrogen (secondary N) is 1. The fourth-order valence-corrected chi connectivity index (χ4v) is 3.21. The third-order valence-electron chi connectivity index (χ3n) is 3.79. The fraction of sp³-hybridized carbons (Fsp3) is 0.235. The summed E-state index contributed by atoms with van der Waals surface area (Å²) in [6.07, 6.45) is 0. The number of sulfonamides is 1. The summed E-state index contributed by atoms with van der Waals surface area (Å²) in [7, 11) is -1.35. The Morgan fingerprint density at radius 1 is 1.15 bits per heavy atom. The summed E-state index contributed by atoms with van der Waals surface area (Å²) in [6.45, 7) is 1.56. The van der Waals surface area contributed by atoms with Crippen LogP contribution in [0.4, 0.5) is 8.78 Å². The predicted molar refractivity (Wildman–Crippen MR) is 90.6 cm³/mol. The Hall–Kier alpha value is -2.36. The molecule has 0 fully saturated rings. The van der Waals surface area contributed by atoms with E-state index in [0.29, 0.717) is 4.47 Å². The number of halogens is 2. The van der Waals surface area contributed by atoms with Crippen molar-refractivity contribution in [3.63, 3.8) is 0 Å². The van der Waals surface area contributed by atoms with Crippen molar-refractivity contribution in [2.24, 2.45) is 0 Å². The van der Waals surface area contributed by atoms with Crippen molar-refractivity contribution >= 4 is 15.9 Å². The minimum absolute atomic E-state index is 0.0453. The lowest BCUT2D eigenvalue weighted by molar-refractivity contribution is -0.0258. The number of hydrogen-bond donors (Lipinski definition) is 1. The summed E-state index contributed by atoms with van der Waals surface area (Å²) in [6, 6.07) is 7.60. The molecule has 0 unspecified atom stereocenters. The molecule has 1 atom stereocenters. The maximum absolute atomic E-state index is 13.8. The van der Waals surface area contributed by atoms with Gasteiger partial charge >= 0.3 is 0 Å². The Balaban J connectivity index is 2.15. The number of hydrogen-bond acceptors (Lipinski definition) is 4. The summed E-state index contributed by atoms with van der Waals surface area (Å²) < 4.78 is 51.6. The van der Waals surface area contributed by atoms with E-state index in [2.05, 4.69) is 10.2 Å². The van der Waals surface area contributed by atoms with E-state index in [-0.39, 0.29) is 16.0 Å². The lowest BCUT2D eigenvalue weighted by Crippen LogP contribution is -2.28. The molecule has 6 nitrogen and oxygen atoms in total. The molecular formula is C17H18F2N2O4S. The first kappa shape index (κ1) is 20.0. The second-order valence-electron chi connectivity index (χ2n) is 5.48. The highest BCUT2D eigenvalue weighted by Gasteiger charge is 2.21. The molecule has 0 radical (unpaired) electrons. The van der Waals surface area contributed by atoms with Gasteiger partial charge in [-0.15, -0.1) is 0 Å². The van der Waals surface area contributed by atoms with E-state index in [4.69, 9.17) is 0 Å². The number of carbonyl (C=O) groups is 1. The fourth-order valence-electron chi connectivity index (χ4n) is 2.24. The molecule has 1 amide bonds. The summed E-state index contributed by atoms with van der Waals surface area (Å²) in [5.41, 5.74) is 0.332. The van der Waals surface area contributed by atoms with Gasteiger partial charge in [-0.05, 0) is 37.3 Å². The number of rotatable bonds is 6. The number of nitrogens with zero attached hydrogens (tertiary/aromatic N) is 1. The van der Waals surface area contributed by atoms with Gasteiger partial charge in [0.25, 0.3) is 15.9 Å². The van der Waals surface area contributed by atoms with Crippen LogP contribution in [-0.4, -0.2) is 33.0 Å². The number of benzene rings is 2. The zero-order chi connectivity index (χ0) is 19.5. The summed E-state index contributed by atoms with van der Waals surface area (Å²) in [5.74, 6) is -1.99. The highest BCUT2D eigenvalue weighted by Crippen LogP contribution is 2.19. The van der Waals surface area contributed by atoms with E-state index in [1.54, 1.807) is 6.92 Å². The monoisotopic (exact) mass is 384 g/mol. The minimum Gasteiger partial charge on any atom is -0.345 e. The van der Waals surface area contributed by atoms with E-state index in [1.807, 2.05) is 0 Å². The molecule has 2 aromatic carbocycles. The van der Waals surface area contributed by atoms with Gasteiger partial charge in [-0.2, -0.15) is 0 Å². The maximum Gasteiger partial charge on any atom is 0.264 e. The smallest absolute Gasteiger partial charge is 0.264 e. The molecule has 0 aromatic heterocycles. The highest BCUT2D eigenvalue weighted by molar-refractivity contribution is 7.89. The van der Waals surface area contributed by atoms with E-state index in [1.165, 1.54) is 44.5 Å². The molecule has 0 heterocycles. The predicted octanol–water partition coefficient (Wildman–Crippen LogP) is 2.64. The van der Waals surface area contributed by atoms with Crippen LogP contribution in [0.2, 0.25) is 0 Å². The quantitative estimate of drug-likeness (QED) is 0.777. The van der Waals surface area contributed by atoms with E-state index < -0.39 is 33.6 Å². The van der Waals surface area contributed by atoms with E-state index >= 15 is 0 Å². The van der Waals surface area contributed by atoms with Crippen molar-refractivity contribution in [1.82, 2.24) is 9.79 Å². The molecule has 140 valence electrons. The van der Waals surface area contributed by atoms with Crippen LogP contribution in [0.1, 0.15) is 28.9 Å². The Morgan fingerprint density at radius 2 is 1.77 bits per heavy atom. The first-order valence-corrected chi connectivity index (χ1v) is 8.99. The molecule has 0 aliphatic heterocycles. The van der Waals surface area contributed by atoms with Gasteiger partial charge in [-0.3, -0.25) is 9.63 Å². The molecule has 0 bridgehead atoms. The molecular weight excluding hydrogens is 366 g/mol. The van der Waals surface area contributed by atoms with Crippen molar-refractivity contribution in [2.45, 2.75) is 17.9 Å². The zero-order valence-electron chi connectivity index (χ0n) is 14.4. The normalized spacial score (nSPS) is 12.8. The van der Waals surface area contributed by atoms with Crippen LogP contribution in [0, 0.1) is 11.6 Å². The van der Waals surface area contributed by atoms with Gasteiger partial charge in [0, 0.05) is 24.2 Å². The summed E-state index contributed by atoms with van der Waals surface area (Å²) in [4.78, 5) is 16.9. The highest BCUT2D eigenvalue weighted by atomic mass is 32.2. The van der Waals surface area contributed by atoms with Gasteiger partial charge in [0.15, 0.2) is 0 Å². The molecule has 26 heavy (non-hydrogen) atoms. The van der Waals surface area contributed by atoms with Crippen molar-refractivity contribution in [1.29, 1.82) is 0 Å². The van der Waals surface area contributed by atoms with Crippen LogP contribution >= 0.6 is 0 Å². The lowest BCUT2D eigenvalue weighted by Gasteiger charge is -2.16. The molecule has 0 aliphatic carbocycles. The summed E-state index contributed by atoms with van der Waals surface area (Å²) in [5, 5.41) is 2.58. The Bertz CT molecular complexity index is 901. The standard InChI is InChI=1S/C17H18F2N2O4S/c1-11(15-9-6-13(18)10-16(15)19)20-17(22)12-4-7-14(8-5-12)26(23,24)21(2)25-3/h4-11H,1-3H3,(H,20,22)/t11-/m1/s1. The second-order valence-corrected chi connectivity index (χ2v) is 7.42. The largest absolute Gasteiger partial charge is 0.345 e.